The predicted octanol–water partition coefficient (Wildman–Crippen LogP) is 2.10. The highest BCUT2D eigenvalue weighted by atomic mass is 16.7. The van der Waals surface area contributed by atoms with Crippen molar-refractivity contribution >= 4 is 6.29 Å². The van der Waals surface area contributed by atoms with Gasteiger partial charge in [0.15, 0.2) is 6.79 Å². The van der Waals surface area contributed by atoms with Crippen LogP contribution in [0.3, 0.4) is 0 Å². The SMILES string of the molecule is COCOc1ccc(C=O)c(C)c1C. The van der Waals surface area contributed by atoms with E-state index in [9.17, 15) is 4.79 Å². The largest absolute Gasteiger partial charge is 0.467 e. The first kappa shape index (κ1) is 10.7. The number of carbonyl (C=O) groups is 1. The van der Waals surface area contributed by atoms with Crippen molar-refractivity contribution in [3.8, 4) is 5.75 Å². The molecule has 0 fully saturated rings. The van der Waals surface area contributed by atoms with E-state index >= 15 is 0 Å². The van der Waals surface area contributed by atoms with Crippen molar-refractivity contribution in [2.75, 3.05) is 13.9 Å². The molecule has 3 nitrogen and oxygen atoms in total. The van der Waals surface area contributed by atoms with Gasteiger partial charge < -0.3 is 9.47 Å². The molecule has 0 N–H and O–H groups in total. The minimum absolute atomic E-state index is 0.223. The summed E-state index contributed by atoms with van der Waals surface area (Å²) >= 11 is 0. The fraction of sp³-hybridized carbons (Fsp3) is 0.364. The Morgan fingerprint density at radius 3 is 2.57 bits per heavy atom. The topological polar surface area (TPSA) is 35.5 Å². The van der Waals surface area contributed by atoms with Crippen LogP contribution < -0.4 is 4.74 Å². The zero-order valence-electron chi connectivity index (χ0n) is 8.66. The number of carbonyl (C=O) groups excluding carboxylic acids is 1. The maximum absolute atomic E-state index is 10.6. The number of aldehydes is 1. The first-order valence-corrected chi connectivity index (χ1v) is 4.37. The fourth-order valence-electron chi connectivity index (χ4n) is 1.22. The van der Waals surface area contributed by atoms with Crippen LogP contribution in [0.15, 0.2) is 12.1 Å². The molecule has 0 aliphatic rings. The van der Waals surface area contributed by atoms with E-state index in [2.05, 4.69) is 0 Å². The highest BCUT2D eigenvalue weighted by Gasteiger charge is 2.06. The summed E-state index contributed by atoms with van der Waals surface area (Å²) in [6.45, 7) is 4.05. The van der Waals surface area contributed by atoms with E-state index in [1.165, 1.54) is 0 Å². The van der Waals surface area contributed by atoms with E-state index in [-0.39, 0.29) is 6.79 Å². The van der Waals surface area contributed by atoms with Gasteiger partial charge in [-0.05, 0) is 37.1 Å². The molecule has 0 spiro atoms. The first-order chi connectivity index (χ1) is 6.70. The molecule has 76 valence electrons. The molecule has 0 heterocycles. The number of benzene rings is 1. The maximum atomic E-state index is 10.6. The van der Waals surface area contributed by atoms with Crippen molar-refractivity contribution < 1.29 is 14.3 Å². The molecule has 1 aromatic rings. The normalized spacial score (nSPS) is 9.93. The molecular formula is C11H14O3. The zero-order valence-corrected chi connectivity index (χ0v) is 8.66. The molecule has 0 unspecified atom stereocenters. The average Bonchev–Trinajstić information content (AvgIpc) is 2.20. The Kier molecular flexibility index (Phi) is 3.65. The number of ether oxygens (including phenoxy) is 2. The van der Waals surface area contributed by atoms with Gasteiger partial charge in [0.25, 0.3) is 0 Å². The molecule has 0 bridgehead atoms. The van der Waals surface area contributed by atoms with Crippen LogP contribution in [0.25, 0.3) is 0 Å². The van der Waals surface area contributed by atoms with E-state index < -0.39 is 0 Å². The number of methoxy groups -OCH3 is 1. The molecule has 0 saturated heterocycles. The lowest BCUT2D eigenvalue weighted by molar-refractivity contribution is 0.0506. The molecule has 0 saturated carbocycles. The Bertz CT molecular complexity index is 332. The molecule has 0 radical (unpaired) electrons. The van der Waals surface area contributed by atoms with Crippen molar-refractivity contribution in [2.24, 2.45) is 0 Å². The van der Waals surface area contributed by atoms with E-state index in [4.69, 9.17) is 9.47 Å². The zero-order chi connectivity index (χ0) is 10.6. The summed E-state index contributed by atoms with van der Waals surface area (Å²) in [6.07, 6.45) is 0.850. The van der Waals surface area contributed by atoms with Crippen LogP contribution in [-0.2, 0) is 4.74 Å². The van der Waals surface area contributed by atoms with E-state index in [0.29, 0.717) is 5.56 Å². The van der Waals surface area contributed by atoms with Crippen molar-refractivity contribution in [1.82, 2.24) is 0 Å². The van der Waals surface area contributed by atoms with Crippen LogP contribution in [0, 0.1) is 13.8 Å². The minimum atomic E-state index is 0.223. The molecule has 0 atom stereocenters. The second kappa shape index (κ2) is 4.77. The van der Waals surface area contributed by atoms with E-state index in [1.807, 2.05) is 13.8 Å². The van der Waals surface area contributed by atoms with Crippen molar-refractivity contribution in [2.45, 2.75) is 13.8 Å². The lowest BCUT2D eigenvalue weighted by atomic mass is 10.0. The molecule has 0 aromatic heterocycles. The number of rotatable bonds is 4. The summed E-state index contributed by atoms with van der Waals surface area (Å²) in [4.78, 5) is 10.6. The Morgan fingerprint density at radius 1 is 1.29 bits per heavy atom. The van der Waals surface area contributed by atoms with E-state index in [0.717, 1.165) is 23.2 Å². The molecule has 3 heteroatoms. The quantitative estimate of drug-likeness (QED) is 0.544. The van der Waals surface area contributed by atoms with Gasteiger partial charge in [0.2, 0.25) is 0 Å². The van der Waals surface area contributed by atoms with Gasteiger partial charge >= 0.3 is 0 Å². The smallest absolute Gasteiger partial charge is 0.188 e. The molecule has 0 amide bonds. The third-order valence-electron chi connectivity index (χ3n) is 2.24. The third kappa shape index (κ3) is 2.12. The van der Waals surface area contributed by atoms with Crippen LogP contribution in [0.2, 0.25) is 0 Å². The van der Waals surface area contributed by atoms with Crippen molar-refractivity contribution in [3.63, 3.8) is 0 Å². The summed E-state index contributed by atoms with van der Waals surface area (Å²) in [5.74, 6) is 0.759. The Balaban J connectivity index is 2.98. The Hall–Kier alpha value is -1.35. The highest BCUT2D eigenvalue weighted by molar-refractivity contribution is 5.78. The van der Waals surface area contributed by atoms with Crippen molar-refractivity contribution in [3.05, 3.63) is 28.8 Å². The molecule has 0 aliphatic carbocycles. The monoisotopic (exact) mass is 194 g/mol. The standard InChI is InChI=1S/C11H14O3/c1-8-9(2)11(14-7-13-3)5-4-10(8)6-12/h4-6H,7H2,1-3H3. The highest BCUT2D eigenvalue weighted by Crippen LogP contribution is 2.23. The Labute approximate surface area is 83.6 Å². The molecule has 1 rings (SSSR count). The van der Waals surface area contributed by atoms with Crippen LogP contribution in [0.5, 0.6) is 5.75 Å². The summed E-state index contributed by atoms with van der Waals surface area (Å²) < 4.78 is 10.1. The van der Waals surface area contributed by atoms with Crippen LogP contribution in [0.4, 0.5) is 0 Å². The van der Waals surface area contributed by atoms with Crippen molar-refractivity contribution in [1.29, 1.82) is 0 Å². The summed E-state index contributed by atoms with van der Waals surface area (Å²) in [5, 5.41) is 0. The molecule has 0 aliphatic heterocycles. The first-order valence-electron chi connectivity index (χ1n) is 4.37. The van der Waals surface area contributed by atoms with Crippen LogP contribution in [-0.4, -0.2) is 20.2 Å². The van der Waals surface area contributed by atoms with Gasteiger partial charge in [-0.2, -0.15) is 0 Å². The van der Waals surface area contributed by atoms with Gasteiger partial charge in [-0.3, -0.25) is 4.79 Å². The van der Waals surface area contributed by atoms with Crippen LogP contribution in [0.1, 0.15) is 21.5 Å². The minimum Gasteiger partial charge on any atom is -0.467 e. The fourth-order valence-corrected chi connectivity index (χ4v) is 1.22. The van der Waals surface area contributed by atoms with Gasteiger partial charge in [-0.1, -0.05) is 0 Å². The van der Waals surface area contributed by atoms with Gasteiger partial charge in [0.05, 0.1) is 0 Å². The molecule has 14 heavy (non-hydrogen) atoms. The predicted molar refractivity (Wildman–Crippen MR) is 53.8 cm³/mol. The summed E-state index contributed by atoms with van der Waals surface area (Å²) in [5.41, 5.74) is 2.63. The van der Waals surface area contributed by atoms with Gasteiger partial charge in [-0.15, -0.1) is 0 Å². The average molecular weight is 194 g/mol. The molecule has 1 aromatic carbocycles. The van der Waals surface area contributed by atoms with Gasteiger partial charge in [0, 0.05) is 12.7 Å². The number of hydrogen-bond acceptors (Lipinski definition) is 3. The second-order valence-electron chi connectivity index (χ2n) is 3.07. The molecular weight excluding hydrogens is 180 g/mol. The lowest BCUT2D eigenvalue weighted by Crippen LogP contribution is -2.02. The maximum Gasteiger partial charge on any atom is 0.188 e. The van der Waals surface area contributed by atoms with Crippen LogP contribution >= 0.6 is 0 Å². The summed E-state index contributed by atoms with van der Waals surface area (Å²) in [7, 11) is 1.57. The van der Waals surface area contributed by atoms with E-state index in [1.54, 1.807) is 19.2 Å². The third-order valence-corrected chi connectivity index (χ3v) is 2.24. The summed E-state index contributed by atoms with van der Waals surface area (Å²) in [6, 6.07) is 3.53. The number of hydrogen-bond donors (Lipinski definition) is 0. The van der Waals surface area contributed by atoms with Gasteiger partial charge in [-0.25, -0.2) is 0 Å². The lowest BCUT2D eigenvalue weighted by Gasteiger charge is -2.11. The second-order valence-corrected chi connectivity index (χ2v) is 3.07. The van der Waals surface area contributed by atoms with Gasteiger partial charge in [0.1, 0.15) is 12.0 Å². The Morgan fingerprint density at radius 2 is 2.00 bits per heavy atom.